The number of hydrogen-bond donors (Lipinski definition) is 2. The van der Waals surface area contributed by atoms with Crippen LogP contribution in [0.1, 0.15) is 31.7 Å². The molecule has 0 spiro atoms. The fraction of sp³-hybridized carbons (Fsp3) is 0.538. The first-order chi connectivity index (χ1) is 9.35. The van der Waals surface area contributed by atoms with Crippen molar-refractivity contribution in [2.45, 2.75) is 43.7 Å². The Hall–Kier alpha value is -0.330. The molecule has 112 valence electrons. The number of aliphatic hydroxyl groups excluding tert-OH is 1. The van der Waals surface area contributed by atoms with Gasteiger partial charge in [-0.2, -0.15) is 0 Å². The van der Waals surface area contributed by atoms with Crippen molar-refractivity contribution in [3.8, 4) is 0 Å². The van der Waals surface area contributed by atoms with Crippen LogP contribution < -0.4 is 4.72 Å². The Kier molecular flexibility index (Phi) is 4.97. The first-order valence-electron chi connectivity index (χ1n) is 6.46. The first-order valence-corrected chi connectivity index (χ1v) is 8.70. The van der Waals surface area contributed by atoms with Gasteiger partial charge in [-0.25, -0.2) is 13.1 Å². The zero-order valence-electron chi connectivity index (χ0n) is 11.1. The van der Waals surface area contributed by atoms with E-state index >= 15 is 0 Å². The highest BCUT2D eigenvalue weighted by Gasteiger charge is 2.29. The van der Waals surface area contributed by atoms with Gasteiger partial charge in [0.1, 0.15) is 4.90 Å². The summed E-state index contributed by atoms with van der Waals surface area (Å²) in [6.45, 7) is 1.49. The molecule has 1 saturated carbocycles. The number of rotatable bonds is 5. The van der Waals surface area contributed by atoms with Crippen molar-refractivity contribution in [3.63, 3.8) is 0 Å². The van der Waals surface area contributed by atoms with E-state index in [1.807, 2.05) is 6.92 Å². The van der Waals surface area contributed by atoms with Gasteiger partial charge in [0.2, 0.25) is 10.0 Å². The molecule has 2 rings (SSSR count). The standard InChI is InChI=1S/C13H17Cl2NO3S/c1-8(9-3-2-4-9)16-20(18,19)12-6-11(14)5-10(7-17)13(12)15/h5-6,8-9,16-17H,2-4,7H2,1H3. The predicted octanol–water partition coefficient (Wildman–Crippen LogP) is 2.95. The summed E-state index contributed by atoms with van der Waals surface area (Å²) < 4.78 is 27.4. The first kappa shape index (κ1) is 16.0. The van der Waals surface area contributed by atoms with Crippen LogP contribution in [0.25, 0.3) is 0 Å². The highest BCUT2D eigenvalue weighted by molar-refractivity contribution is 7.89. The van der Waals surface area contributed by atoms with E-state index in [0.29, 0.717) is 11.5 Å². The lowest BCUT2D eigenvalue weighted by molar-refractivity contribution is 0.260. The summed E-state index contributed by atoms with van der Waals surface area (Å²) in [6, 6.07) is 2.62. The van der Waals surface area contributed by atoms with Crippen molar-refractivity contribution in [2.75, 3.05) is 0 Å². The number of hydrogen-bond acceptors (Lipinski definition) is 3. The third-order valence-corrected chi connectivity index (χ3v) is 6.10. The Morgan fingerprint density at radius 2 is 2.05 bits per heavy atom. The molecule has 0 heterocycles. The summed E-state index contributed by atoms with van der Waals surface area (Å²) in [6.07, 6.45) is 3.22. The fourth-order valence-corrected chi connectivity index (χ4v) is 4.51. The highest BCUT2D eigenvalue weighted by atomic mass is 35.5. The van der Waals surface area contributed by atoms with Crippen LogP contribution >= 0.6 is 23.2 Å². The summed E-state index contributed by atoms with van der Waals surface area (Å²) in [7, 11) is -3.74. The molecule has 1 aliphatic rings. The van der Waals surface area contributed by atoms with Crippen LogP contribution in [-0.4, -0.2) is 19.6 Å². The number of aliphatic hydroxyl groups is 1. The second-order valence-corrected chi connectivity index (χ2v) is 7.63. The molecular formula is C13H17Cl2NO3S. The molecule has 0 aromatic heterocycles. The molecule has 1 aliphatic carbocycles. The molecule has 0 aliphatic heterocycles. The Labute approximate surface area is 129 Å². The Bertz CT molecular complexity index is 600. The van der Waals surface area contributed by atoms with Crippen molar-refractivity contribution in [3.05, 3.63) is 27.7 Å². The van der Waals surface area contributed by atoms with Crippen LogP contribution in [0, 0.1) is 5.92 Å². The lowest BCUT2D eigenvalue weighted by Gasteiger charge is -2.31. The fourth-order valence-electron chi connectivity index (χ4n) is 2.27. The van der Waals surface area contributed by atoms with Gasteiger partial charge in [0, 0.05) is 11.1 Å². The highest BCUT2D eigenvalue weighted by Crippen LogP contribution is 2.32. The lowest BCUT2D eigenvalue weighted by Crippen LogP contribution is -2.40. The molecule has 2 N–H and O–H groups in total. The Morgan fingerprint density at radius 3 is 2.55 bits per heavy atom. The van der Waals surface area contributed by atoms with E-state index in [2.05, 4.69) is 4.72 Å². The van der Waals surface area contributed by atoms with Crippen LogP contribution in [0.5, 0.6) is 0 Å². The zero-order valence-corrected chi connectivity index (χ0v) is 13.4. The maximum atomic E-state index is 12.4. The topological polar surface area (TPSA) is 66.4 Å². The molecule has 1 atom stereocenters. The zero-order chi connectivity index (χ0) is 14.9. The molecule has 0 amide bonds. The normalized spacial score (nSPS) is 17.8. The van der Waals surface area contributed by atoms with Crippen LogP contribution in [0.15, 0.2) is 17.0 Å². The van der Waals surface area contributed by atoms with E-state index in [-0.39, 0.29) is 27.6 Å². The van der Waals surface area contributed by atoms with Crippen molar-refractivity contribution in [1.82, 2.24) is 4.72 Å². The third-order valence-electron chi connectivity index (χ3n) is 3.74. The molecule has 7 heteroatoms. The van der Waals surface area contributed by atoms with E-state index in [9.17, 15) is 13.5 Å². The summed E-state index contributed by atoms with van der Waals surface area (Å²) in [5.74, 6) is 0.375. The minimum Gasteiger partial charge on any atom is -0.392 e. The average Bonchev–Trinajstić information content (AvgIpc) is 2.28. The molecular weight excluding hydrogens is 321 g/mol. The van der Waals surface area contributed by atoms with Gasteiger partial charge in [-0.05, 0) is 43.4 Å². The van der Waals surface area contributed by atoms with Crippen LogP contribution in [0.4, 0.5) is 0 Å². The van der Waals surface area contributed by atoms with Crippen LogP contribution in [0.2, 0.25) is 10.0 Å². The quantitative estimate of drug-likeness (QED) is 0.867. The molecule has 1 aromatic carbocycles. The molecule has 0 bridgehead atoms. The van der Waals surface area contributed by atoms with Gasteiger partial charge in [-0.1, -0.05) is 29.6 Å². The van der Waals surface area contributed by atoms with E-state index in [4.69, 9.17) is 23.2 Å². The Morgan fingerprint density at radius 1 is 1.40 bits per heavy atom. The van der Waals surface area contributed by atoms with Gasteiger partial charge in [0.05, 0.1) is 11.6 Å². The van der Waals surface area contributed by atoms with Crippen LogP contribution in [-0.2, 0) is 16.6 Å². The largest absolute Gasteiger partial charge is 0.392 e. The van der Waals surface area contributed by atoms with Crippen molar-refractivity contribution in [2.24, 2.45) is 5.92 Å². The van der Waals surface area contributed by atoms with E-state index in [1.165, 1.54) is 12.1 Å². The molecule has 20 heavy (non-hydrogen) atoms. The minimum absolute atomic E-state index is 0.0187. The van der Waals surface area contributed by atoms with E-state index in [0.717, 1.165) is 19.3 Å². The second-order valence-electron chi connectivity index (χ2n) is 5.14. The summed E-state index contributed by atoms with van der Waals surface area (Å²) in [5, 5.41) is 9.44. The number of sulfonamides is 1. The van der Waals surface area contributed by atoms with Gasteiger partial charge in [-0.3, -0.25) is 0 Å². The summed E-state index contributed by atoms with van der Waals surface area (Å²) in [4.78, 5) is -0.0816. The van der Waals surface area contributed by atoms with Crippen molar-refractivity contribution in [1.29, 1.82) is 0 Å². The summed E-state index contributed by atoms with van der Waals surface area (Å²) >= 11 is 11.9. The molecule has 1 fully saturated rings. The maximum Gasteiger partial charge on any atom is 0.242 e. The van der Waals surface area contributed by atoms with Crippen molar-refractivity contribution >= 4 is 33.2 Å². The van der Waals surface area contributed by atoms with Crippen LogP contribution in [0.3, 0.4) is 0 Å². The molecule has 0 radical (unpaired) electrons. The molecule has 0 saturated heterocycles. The molecule has 1 aromatic rings. The van der Waals surface area contributed by atoms with Gasteiger partial charge in [0.15, 0.2) is 0 Å². The van der Waals surface area contributed by atoms with Gasteiger partial charge < -0.3 is 5.11 Å². The number of nitrogens with one attached hydrogen (secondary N) is 1. The van der Waals surface area contributed by atoms with Gasteiger partial charge in [0.25, 0.3) is 0 Å². The van der Waals surface area contributed by atoms with Crippen molar-refractivity contribution < 1.29 is 13.5 Å². The Balaban J connectivity index is 2.31. The third kappa shape index (κ3) is 3.28. The predicted molar refractivity (Wildman–Crippen MR) is 79.5 cm³/mol. The molecule has 1 unspecified atom stereocenters. The smallest absolute Gasteiger partial charge is 0.242 e. The average molecular weight is 338 g/mol. The van der Waals surface area contributed by atoms with E-state index < -0.39 is 10.0 Å². The maximum absolute atomic E-state index is 12.4. The minimum atomic E-state index is -3.74. The van der Waals surface area contributed by atoms with E-state index in [1.54, 1.807) is 0 Å². The van der Waals surface area contributed by atoms with Gasteiger partial charge in [-0.15, -0.1) is 0 Å². The van der Waals surface area contributed by atoms with Gasteiger partial charge >= 0.3 is 0 Å². The number of halogens is 2. The molecule has 4 nitrogen and oxygen atoms in total. The summed E-state index contributed by atoms with van der Waals surface area (Å²) in [5.41, 5.74) is 0.302. The monoisotopic (exact) mass is 337 g/mol. The lowest BCUT2D eigenvalue weighted by atomic mass is 9.81. The second kappa shape index (κ2) is 6.20. The number of benzene rings is 1. The SMILES string of the molecule is CC(NS(=O)(=O)c1cc(Cl)cc(CO)c1Cl)C1CCC1.